The number of hydrogen-bond acceptors (Lipinski definition) is 4. The maximum absolute atomic E-state index is 9.24. The summed E-state index contributed by atoms with van der Waals surface area (Å²) in [5.74, 6) is 0.604. The number of nitriles is 1. The number of rotatable bonds is 3. The van der Waals surface area contributed by atoms with Crippen molar-refractivity contribution in [1.29, 1.82) is 5.26 Å². The maximum atomic E-state index is 9.24. The molecule has 5 nitrogen and oxygen atoms in total. The van der Waals surface area contributed by atoms with E-state index >= 15 is 0 Å². The Morgan fingerprint density at radius 3 is 2.95 bits per heavy atom. The van der Waals surface area contributed by atoms with E-state index < -0.39 is 0 Å². The summed E-state index contributed by atoms with van der Waals surface area (Å²) in [4.78, 5) is 4.51. The van der Waals surface area contributed by atoms with Crippen LogP contribution in [0.25, 0.3) is 10.9 Å². The molecule has 0 unspecified atom stereocenters. The van der Waals surface area contributed by atoms with E-state index in [1.54, 1.807) is 6.20 Å². The number of nitrogens with zero attached hydrogens (tertiary/aromatic N) is 3. The van der Waals surface area contributed by atoms with E-state index in [0.717, 1.165) is 22.2 Å². The molecule has 0 radical (unpaired) electrons. The molecule has 0 aliphatic rings. The van der Waals surface area contributed by atoms with Gasteiger partial charge in [-0.15, -0.1) is 0 Å². The van der Waals surface area contributed by atoms with Crippen LogP contribution in [0.15, 0.2) is 36.5 Å². The number of fused-ring (bicyclic) bond motifs is 1. The van der Waals surface area contributed by atoms with Gasteiger partial charge in [0.05, 0.1) is 17.3 Å². The van der Waals surface area contributed by atoms with Crippen molar-refractivity contribution >= 4 is 16.7 Å². The monoisotopic (exact) mass is 263 g/mol. The second-order valence-electron chi connectivity index (χ2n) is 4.56. The summed E-state index contributed by atoms with van der Waals surface area (Å²) in [6.45, 7) is 2.55. The summed E-state index contributed by atoms with van der Waals surface area (Å²) in [5.41, 5.74) is 3.49. The molecule has 0 saturated heterocycles. The van der Waals surface area contributed by atoms with Crippen molar-refractivity contribution in [2.24, 2.45) is 0 Å². The number of H-pyrrole nitrogens is 1. The van der Waals surface area contributed by atoms with Gasteiger partial charge in [0.25, 0.3) is 0 Å². The summed E-state index contributed by atoms with van der Waals surface area (Å²) < 4.78 is 0. The van der Waals surface area contributed by atoms with Crippen molar-refractivity contribution < 1.29 is 0 Å². The van der Waals surface area contributed by atoms with Crippen molar-refractivity contribution in [3.8, 4) is 6.07 Å². The molecule has 0 aliphatic carbocycles. The Kier molecular flexibility index (Phi) is 3.05. The molecule has 0 atom stereocenters. The molecule has 0 saturated carbocycles. The van der Waals surface area contributed by atoms with Crippen LogP contribution in [0.4, 0.5) is 5.82 Å². The molecule has 2 N–H and O–H groups in total. The predicted molar refractivity (Wildman–Crippen MR) is 77.1 cm³/mol. The van der Waals surface area contributed by atoms with Crippen LogP contribution in [0, 0.1) is 18.3 Å². The lowest BCUT2D eigenvalue weighted by atomic mass is 10.1. The number of para-hydroxylation sites is 1. The Bertz CT molecular complexity index is 797. The van der Waals surface area contributed by atoms with Gasteiger partial charge in [-0.3, -0.25) is 5.10 Å². The van der Waals surface area contributed by atoms with Gasteiger partial charge in [0, 0.05) is 23.2 Å². The van der Waals surface area contributed by atoms with Crippen molar-refractivity contribution in [2.45, 2.75) is 13.5 Å². The van der Waals surface area contributed by atoms with Gasteiger partial charge in [0.2, 0.25) is 0 Å². The number of aryl methyl sites for hydroxylation is 1. The molecule has 0 aliphatic heterocycles. The third-order valence-electron chi connectivity index (χ3n) is 3.23. The van der Waals surface area contributed by atoms with E-state index in [2.05, 4.69) is 26.6 Å². The van der Waals surface area contributed by atoms with E-state index in [9.17, 15) is 5.26 Å². The zero-order chi connectivity index (χ0) is 13.9. The van der Waals surface area contributed by atoms with Crippen molar-refractivity contribution in [1.82, 2.24) is 15.2 Å². The Hall–Kier alpha value is -2.87. The van der Waals surface area contributed by atoms with Crippen LogP contribution in [0.3, 0.4) is 0 Å². The first-order chi connectivity index (χ1) is 9.78. The van der Waals surface area contributed by atoms with E-state index in [1.165, 1.54) is 0 Å². The standard InChI is InChI=1S/C15H13N5/c1-10-13(9-18-20-10)8-17-15-12(7-16)6-11-4-2-3-5-14(11)19-15/h2-6,9H,8H2,1H3,(H,17,19)(H,18,20). The lowest BCUT2D eigenvalue weighted by molar-refractivity contribution is 1.04. The Morgan fingerprint density at radius 2 is 2.20 bits per heavy atom. The molecule has 0 bridgehead atoms. The van der Waals surface area contributed by atoms with Gasteiger partial charge in [-0.25, -0.2) is 4.98 Å². The Balaban J connectivity index is 1.94. The Labute approximate surface area is 116 Å². The molecule has 3 rings (SSSR count). The van der Waals surface area contributed by atoms with Crippen LogP contribution in [0.5, 0.6) is 0 Å². The van der Waals surface area contributed by atoms with Gasteiger partial charge in [-0.2, -0.15) is 10.4 Å². The average molecular weight is 263 g/mol. The van der Waals surface area contributed by atoms with Crippen LogP contribution in [-0.2, 0) is 6.54 Å². The molecule has 0 spiro atoms. The van der Waals surface area contributed by atoms with Gasteiger partial charge in [0.1, 0.15) is 11.9 Å². The topological polar surface area (TPSA) is 77.4 Å². The van der Waals surface area contributed by atoms with Gasteiger partial charge in [0.15, 0.2) is 0 Å². The molecule has 0 fully saturated rings. The molecule has 3 aromatic rings. The van der Waals surface area contributed by atoms with E-state index in [4.69, 9.17) is 0 Å². The number of anilines is 1. The van der Waals surface area contributed by atoms with Crippen LogP contribution in [0.1, 0.15) is 16.8 Å². The lowest BCUT2D eigenvalue weighted by Crippen LogP contribution is -2.04. The average Bonchev–Trinajstić information content (AvgIpc) is 2.89. The number of aromatic nitrogens is 3. The molecular weight excluding hydrogens is 250 g/mol. The molecular formula is C15H13N5. The number of hydrogen-bond donors (Lipinski definition) is 2. The third kappa shape index (κ3) is 2.19. The quantitative estimate of drug-likeness (QED) is 0.761. The molecule has 98 valence electrons. The largest absolute Gasteiger partial charge is 0.365 e. The summed E-state index contributed by atoms with van der Waals surface area (Å²) in [5, 5.41) is 20.3. The molecule has 1 aromatic carbocycles. The third-order valence-corrected chi connectivity index (χ3v) is 3.23. The fraction of sp³-hybridized carbons (Fsp3) is 0.133. The fourth-order valence-corrected chi connectivity index (χ4v) is 2.07. The minimum absolute atomic E-state index is 0.546. The number of nitrogens with one attached hydrogen (secondary N) is 2. The number of benzene rings is 1. The fourth-order valence-electron chi connectivity index (χ4n) is 2.07. The second kappa shape index (κ2) is 5.02. The summed E-state index contributed by atoms with van der Waals surface area (Å²) >= 11 is 0. The highest BCUT2D eigenvalue weighted by Gasteiger charge is 2.07. The maximum Gasteiger partial charge on any atom is 0.144 e. The van der Waals surface area contributed by atoms with Gasteiger partial charge >= 0.3 is 0 Å². The zero-order valence-electron chi connectivity index (χ0n) is 11.0. The minimum Gasteiger partial charge on any atom is -0.365 e. The van der Waals surface area contributed by atoms with E-state index in [1.807, 2.05) is 37.3 Å². The van der Waals surface area contributed by atoms with Crippen molar-refractivity contribution in [2.75, 3.05) is 5.32 Å². The molecule has 2 heterocycles. The van der Waals surface area contributed by atoms with Crippen LogP contribution in [-0.4, -0.2) is 15.2 Å². The highest BCUT2D eigenvalue weighted by molar-refractivity contribution is 5.82. The first-order valence-electron chi connectivity index (χ1n) is 6.30. The molecule has 20 heavy (non-hydrogen) atoms. The summed E-state index contributed by atoms with van der Waals surface area (Å²) in [7, 11) is 0. The van der Waals surface area contributed by atoms with Crippen molar-refractivity contribution in [3.05, 3.63) is 53.3 Å². The minimum atomic E-state index is 0.546. The number of pyridine rings is 1. The van der Waals surface area contributed by atoms with Gasteiger partial charge < -0.3 is 5.32 Å². The molecule has 2 aromatic heterocycles. The highest BCUT2D eigenvalue weighted by Crippen LogP contribution is 2.20. The number of aromatic amines is 1. The van der Waals surface area contributed by atoms with Crippen LogP contribution < -0.4 is 5.32 Å². The normalized spacial score (nSPS) is 10.4. The first-order valence-corrected chi connectivity index (χ1v) is 6.30. The van der Waals surface area contributed by atoms with Crippen LogP contribution in [0.2, 0.25) is 0 Å². The second-order valence-corrected chi connectivity index (χ2v) is 4.56. The Morgan fingerprint density at radius 1 is 1.35 bits per heavy atom. The van der Waals surface area contributed by atoms with Crippen LogP contribution >= 0.6 is 0 Å². The van der Waals surface area contributed by atoms with Gasteiger partial charge in [-0.1, -0.05) is 18.2 Å². The molecule has 0 amide bonds. The lowest BCUT2D eigenvalue weighted by Gasteiger charge is -2.08. The summed E-state index contributed by atoms with van der Waals surface area (Å²) in [6, 6.07) is 11.8. The van der Waals surface area contributed by atoms with Gasteiger partial charge in [-0.05, 0) is 19.1 Å². The first kappa shape index (κ1) is 12.2. The highest BCUT2D eigenvalue weighted by atomic mass is 15.1. The zero-order valence-corrected chi connectivity index (χ0v) is 11.0. The SMILES string of the molecule is Cc1[nH]ncc1CNc1nc2ccccc2cc1C#N. The van der Waals surface area contributed by atoms with E-state index in [0.29, 0.717) is 17.9 Å². The molecule has 5 heteroatoms. The summed E-state index contributed by atoms with van der Waals surface area (Å²) in [6.07, 6.45) is 1.77. The van der Waals surface area contributed by atoms with Crippen molar-refractivity contribution in [3.63, 3.8) is 0 Å². The van der Waals surface area contributed by atoms with E-state index in [-0.39, 0.29) is 0 Å². The smallest absolute Gasteiger partial charge is 0.144 e. The predicted octanol–water partition coefficient (Wildman–Crippen LogP) is 2.75.